The van der Waals surface area contributed by atoms with Gasteiger partial charge in [0.05, 0.1) is 29.5 Å². The van der Waals surface area contributed by atoms with Crippen LogP contribution in [0.3, 0.4) is 0 Å². The van der Waals surface area contributed by atoms with Crippen LogP contribution in [-0.2, 0) is 15.7 Å². The summed E-state index contributed by atoms with van der Waals surface area (Å²) in [6.07, 6.45) is -4.24. The minimum Gasteiger partial charge on any atom is -0.383 e. The highest BCUT2D eigenvalue weighted by molar-refractivity contribution is 6.33. The van der Waals surface area contributed by atoms with Gasteiger partial charge in [0.25, 0.3) is 0 Å². The molecule has 0 aromatic heterocycles. The molecule has 0 spiro atoms. The zero-order valence-electron chi connectivity index (χ0n) is 11.8. The number of rotatable bonds is 4. The fourth-order valence-electron chi connectivity index (χ4n) is 2.11. The molecule has 1 aliphatic rings. The number of carbonyl (C=O) groups excluding carboxylic acids is 1. The van der Waals surface area contributed by atoms with Crippen molar-refractivity contribution in [2.45, 2.75) is 12.6 Å². The topological polar surface area (TPSA) is 41.6 Å². The molecule has 4 nitrogen and oxygen atoms in total. The van der Waals surface area contributed by atoms with E-state index in [1.165, 1.54) is 6.07 Å². The molecule has 1 N–H and O–H groups in total. The van der Waals surface area contributed by atoms with E-state index in [-0.39, 0.29) is 29.6 Å². The molecule has 8 heteroatoms. The molecule has 122 valence electrons. The van der Waals surface area contributed by atoms with Crippen molar-refractivity contribution < 1.29 is 22.7 Å². The van der Waals surface area contributed by atoms with Crippen LogP contribution in [0.25, 0.3) is 0 Å². The first-order chi connectivity index (χ1) is 10.4. The highest BCUT2D eigenvalue weighted by Crippen LogP contribution is 2.33. The number of nitrogens with one attached hydrogen (secondary N) is 1. The van der Waals surface area contributed by atoms with Crippen molar-refractivity contribution in [1.29, 1.82) is 0 Å². The number of benzene rings is 1. The van der Waals surface area contributed by atoms with Crippen molar-refractivity contribution in [2.24, 2.45) is 0 Å². The number of ether oxygens (including phenoxy) is 1. The first-order valence-electron chi connectivity index (χ1n) is 6.84. The van der Waals surface area contributed by atoms with E-state index in [0.717, 1.165) is 12.1 Å². The van der Waals surface area contributed by atoms with Gasteiger partial charge >= 0.3 is 6.18 Å². The van der Waals surface area contributed by atoms with Gasteiger partial charge in [-0.25, -0.2) is 0 Å². The van der Waals surface area contributed by atoms with Crippen LogP contribution in [0.5, 0.6) is 0 Å². The number of anilines is 1. The lowest BCUT2D eigenvalue weighted by atomic mass is 10.2. The summed E-state index contributed by atoms with van der Waals surface area (Å²) in [5.74, 6) is -0.0566. The van der Waals surface area contributed by atoms with Crippen LogP contribution in [0.2, 0.25) is 5.02 Å². The van der Waals surface area contributed by atoms with E-state index < -0.39 is 11.7 Å². The lowest BCUT2D eigenvalue weighted by molar-refractivity contribution is -0.137. The maximum atomic E-state index is 12.6. The van der Waals surface area contributed by atoms with Crippen molar-refractivity contribution in [2.75, 3.05) is 38.2 Å². The standard InChI is InChI=1S/C14H16ClF3N2O2/c15-11-2-1-10(14(16,17)18)9-12(11)19-4-3-13(21)20-5-7-22-8-6-20/h1-2,9,19H,3-8H2. The van der Waals surface area contributed by atoms with Crippen molar-refractivity contribution in [3.05, 3.63) is 28.8 Å². The predicted molar refractivity (Wildman–Crippen MR) is 77.0 cm³/mol. The van der Waals surface area contributed by atoms with Crippen LogP contribution in [0.15, 0.2) is 18.2 Å². The van der Waals surface area contributed by atoms with Gasteiger partial charge in [0, 0.05) is 26.1 Å². The summed E-state index contributed by atoms with van der Waals surface area (Å²) in [7, 11) is 0. The van der Waals surface area contributed by atoms with Crippen LogP contribution in [0.4, 0.5) is 18.9 Å². The van der Waals surface area contributed by atoms with Gasteiger partial charge in [-0.2, -0.15) is 13.2 Å². The lowest BCUT2D eigenvalue weighted by Crippen LogP contribution is -2.41. The molecule has 1 aromatic carbocycles. The van der Waals surface area contributed by atoms with Crippen LogP contribution in [0, 0.1) is 0 Å². The molecule has 1 aromatic rings. The quantitative estimate of drug-likeness (QED) is 0.919. The zero-order chi connectivity index (χ0) is 16.2. The van der Waals surface area contributed by atoms with Crippen molar-refractivity contribution >= 4 is 23.2 Å². The Kier molecular flexibility index (Phi) is 5.52. The van der Waals surface area contributed by atoms with E-state index in [1.54, 1.807) is 4.90 Å². The number of amides is 1. The number of hydrogen-bond acceptors (Lipinski definition) is 3. The Labute approximate surface area is 131 Å². The molecule has 1 saturated heterocycles. The van der Waals surface area contributed by atoms with E-state index in [4.69, 9.17) is 16.3 Å². The summed E-state index contributed by atoms with van der Waals surface area (Å²) < 4.78 is 43.1. The number of alkyl halides is 3. The molecule has 0 aliphatic carbocycles. The average Bonchev–Trinajstić information content (AvgIpc) is 2.48. The number of carbonyl (C=O) groups is 1. The molecule has 0 atom stereocenters. The Balaban J connectivity index is 1.89. The third-order valence-corrected chi connectivity index (χ3v) is 3.64. The van der Waals surface area contributed by atoms with Gasteiger partial charge in [0.2, 0.25) is 5.91 Å². The van der Waals surface area contributed by atoms with Gasteiger partial charge in [-0.05, 0) is 18.2 Å². The minimum absolute atomic E-state index is 0.0566. The highest BCUT2D eigenvalue weighted by Gasteiger charge is 2.30. The number of hydrogen-bond donors (Lipinski definition) is 1. The molecule has 22 heavy (non-hydrogen) atoms. The summed E-state index contributed by atoms with van der Waals surface area (Å²) in [5.41, 5.74) is -0.606. The molecular weight excluding hydrogens is 321 g/mol. The zero-order valence-corrected chi connectivity index (χ0v) is 12.5. The fourth-order valence-corrected chi connectivity index (χ4v) is 2.30. The summed E-state index contributed by atoms with van der Waals surface area (Å²) in [6, 6.07) is 3.06. The molecule has 0 bridgehead atoms. The molecule has 0 saturated carbocycles. The second-order valence-corrected chi connectivity index (χ2v) is 5.27. The summed E-state index contributed by atoms with van der Waals surface area (Å²) in [6.45, 7) is 2.33. The Hall–Kier alpha value is -1.47. The molecule has 1 fully saturated rings. The third kappa shape index (κ3) is 4.51. The predicted octanol–water partition coefficient (Wildman–Crippen LogP) is 3.02. The Morgan fingerprint density at radius 3 is 2.64 bits per heavy atom. The number of nitrogens with zero attached hydrogens (tertiary/aromatic N) is 1. The number of halogens is 4. The van der Waals surface area contributed by atoms with Crippen LogP contribution in [-0.4, -0.2) is 43.7 Å². The van der Waals surface area contributed by atoms with Gasteiger partial charge in [-0.15, -0.1) is 0 Å². The summed E-state index contributed by atoms with van der Waals surface area (Å²) in [5, 5.41) is 2.97. The van der Waals surface area contributed by atoms with Crippen molar-refractivity contribution in [3.8, 4) is 0 Å². The van der Waals surface area contributed by atoms with E-state index in [9.17, 15) is 18.0 Å². The first kappa shape index (κ1) is 16.9. The maximum Gasteiger partial charge on any atom is 0.416 e. The third-order valence-electron chi connectivity index (χ3n) is 3.31. The van der Waals surface area contributed by atoms with E-state index in [1.807, 2.05) is 0 Å². The highest BCUT2D eigenvalue weighted by atomic mass is 35.5. The molecule has 2 rings (SSSR count). The Bertz CT molecular complexity index is 531. The summed E-state index contributed by atoms with van der Waals surface area (Å²) in [4.78, 5) is 13.6. The fraction of sp³-hybridized carbons (Fsp3) is 0.500. The van der Waals surface area contributed by atoms with Crippen LogP contribution in [0.1, 0.15) is 12.0 Å². The van der Waals surface area contributed by atoms with Gasteiger partial charge in [-0.1, -0.05) is 11.6 Å². The van der Waals surface area contributed by atoms with Crippen molar-refractivity contribution in [1.82, 2.24) is 4.90 Å². The van der Waals surface area contributed by atoms with Crippen molar-refractivity contribution in [3.63, 3.8) is 0 Å². The monoisotopic (exact) mass is 336 g/mol. The average molecular weight is 337 g/mol. The van der Waals surface area contributed by atoms with E-state index in [0.29, 0.717) is 26.3 Å². The first-order valence-corrected chi connectivity index (χ1v) is 7.22. The van der Waals surface area contributed by atoms with Gasteiger partial charge < -0.3 is 15.0 Å². The normalized spacial score (nSPS) is 15.7. The molecule has 0 unspecified atom stereocenters. The largest absolute Gasteiger partial charge is 0.416 e. The molecule has 1 heterocycles. The molecule has 1 aliphatic heterocycles. The van der Waals surface area contributed by atoms with E-state index in [2.05, 4.69) is 5.32 Å². The molecular formula is C14H16ClF3N2O2. The van der Waals surface area contributed by atoms with Gasteiger partial charge in [0.1, 0.15) is 0 Å². The van der Waals surface area contributed by atoms with Gasteiger partial charge in [-0.3, -0.25) is 4.79 Å². The number of morpholine rings is 1. The second kappa shape index (κ2) is 7.19. The van der Waals surface area contributed by atoms with Crippen LogP contribution < -0.4 is 5.32 Å². The van der Waals surface area contributed by atoms with Gasteiger partial charge in [0.15, 0.2) is 0 Å². The van der Waals surface area contributed by atoms with Crippen LogP contribution >= 0.6 is 11.6 Å². The summed E-state index contributed by atoms with van der Waals surface area (Å²) >= 11 is 5.87. The molecule has 1 amide bonds. The lowest BCUT2D eigenvalue weighted by Gasteiger charge is -2.27. The minimum atomic E-state index is -4.43. The maximum absolute atomic E-state index is 12.6. The smallest absolute Gasteiger partial charge is 0.383 e. The Morgan fingerprint density at radius 1 is 1.32 bits per heavy atom. The van der Waals surface area contributed by atoms with E-state index >= 15 is 0 Å². The SMILES string of the molecule is O=C(CCNc1cc(C(F)(F)F)ccc1Cl)N1CCOCC1. The second-order valence-electron chi connectivity index (χ2n) is 4.86. The Morgan fingerprint density at radius 2 is 2.00 bits per heavy atom. The molecule has 0 radical (unpaired) electrons.